The van der Waals surface area contributed by atoms with Crippen molar-refractivity contribution in [2.45, 2.75) is 19.6 Å². The van der Waals surface area contributed by atoms with Crippen LogP contribution in [0.2, 0.25) is 0 Å². The molecule has 0 aromatic heterocycles. The fourth-order valence-corrected chi connectivity index (χ4v) is 0.663. The molecule has 8 heavy (non-hydrogen) atoms. The third kappa shape index (κ3) is 0.816. The number of aliphatic hydroxyl groups is 1. The quantitative estimate of drug-likeness (QED) is 0.449. The smallest absolute Gasteiger partial charge is 0.308 e. The Kier molecular flexibility index (Phi) is 1.21. The molecule has 0 spiro atoms. The average Bonchev–Trinajstić information content (AvgIpc) is 1.85. The molecule has 0 aliphatic carbocycles. The number of hydrogen-bond donors (Lipinski definition) is 1. The predicted molar refractivity (Wildman–Crippen MR) is 25.9 cm³/mol. The van der Waals surface area contributed by atoms with Gasteiger partial charge >= 0.3 is 5.97 Å². The van der Waals surface area contributed by atoms with E-state index in [2.05, 4.69) is 4.74 Å². The van der Waals surface area contributed by atoms with Gasteiger partial charge in [0.2, 0.25) is 6.29 Å². The molecular formula is C5H8O3. The lowest BCUT2D eigenvalue weighted by molar-refractivity contribution is -0.155. The zero-order valence-electron chi connectivity index (χ0n) is 4.63. The number of esters is 1. The van der Waals surface area contributed by atoms with Crippen molar-refractivity contribution in [3.05, 3.63) is 0 Å². The molecule has 0 unspecified atom stereocenters. The summed E-state index contributed by atoms with van der Waals surface area (Å²) in [6.07, 6.45) is -0.510. The highest BCUT2D eigenvalue weighted by molar-refractivity contribution is 5.71. The predicted octanol–water partition coefficient (Wildman–Crippen LogP) is -0.112. The largest absolute Gasteiger partial charge is 0.436 e. The minimum absolute atomic E-state index is 0.0255. The molecule has 1 N–H and O–H groups in total. The van der Waals surface area contributed by atoms with Gasteiger partial charge in [-0.2, -0.15) is 0 Å². The molecular weight excluding hydrogens is 108 g/mol. The van der Waals surface area contributed by atoms with Gasteiger partial charge in [0.05, 0.1) is 6.42 Å². The van der Waals surface area contributed by atoms with Crippen molar-refractivity contribution >= 4 is 5.97 Å². The lowest BCUT2D eigenvalue weighted by Gasteiger charge is -2.02. The van der Waals surface area contributed by atoms with Crippen molar-refractivity contribution in [1.29, 1.82) is 0 Å². The summed E-state index contributed by atoms with van der Waals surface area (Å²) in [5.41, 5.74) is 0. The Morgan fingerprint density at radius 1 is 1.88 bits per heavy atom. The second kappa shape index (κ2) is 1.74. The molecule has 46 valence electrons. The molecule has 0 aromatic rings. The van der Waals surface area contributed by atoms with Gasteiger partial charge in [0.1, 0.15) is 0 Å². The van der Waals surface area contributed by atoms with E-state index in [9.17, 15) is 4.79 Å². The number of carbonyl (C=O) groups is 1. The second-order valence-electron chi connectivity index (χ2n) is 2.06. The van der Waals surface area contributed by atoms with Crippen LogP contribution in [0, 0.1) is 5.92 Å². The van der Waals surface area contributed by atoms with Crippen molar-refractivity contribution in [2.75, 3.05) is 0 Å². The minimum atomic E-state index is -0.859. The first-order valence-electron chi connectivity index (χ1n) is 2.57. The molecule has 1 aliphatic heterocycles. The molecule has 0 aromatic carbocycles. The maximum Gasteiger partial charge on any atom is 0.308 e. The van der Waals surface area contributed by atoms with E-state index in [-0.39, 0.29) is 11.9 Å². The summed E-state index contributed by atoms with van der Waals surface area (Å²) >= 11 is 0. The molecule has 0 bridgehead atoms. The zero-order valence-corrected chi connectivity index (χ0v) is 4.63. The molecule has 1 rings (SSSR count). The highest BCUT2D eigenvalue weighted by Gasteiger charge is 2.28. The summed E-state index contributed by atoms with van der Waals surface area (Å²) in [6.45, 7) is 1.77. The van der Waals surface area contributed by atoms with Crippen molar-refractivity contribution in [1.82, 2.24) is 0 Å². The topological polar surface area (TPSA) is 46.5 Å². The van der Waals surface area contributed by atoms with Crippen molar-refractivity contribution in [2.24, 2.45) is 5.92 Å². The maximum atomic E-state index is 10.3. The lowest BCUT2D eigenvalue weighted by atomic mass is 10.1. The summed E-state index contributed by atoms with van der Waals surface area (Å²) in [5, 5.41) is 8.73. The van der Waals surface area contributed by atoms with Crippen molar-refractivity contribution in [3.63, 3.8) is 0 Å². The fourth-order valence-electron chi connectivity index (χ4n) is 0.663. The van der Waals surface area contributed by atoms with Gasteiger partial charge in [-0.25, -0.2) is 0 Å². The van der Waals surface area contributed by atoms with E-state index < -0.39 is 6.29 Å². The van der Waals surface area contributed by atoms with Crippen LogP contribution in [0.5, 0.6) is 0 Å². The molecule has 3 heteroatoms. The molecule has 1 aliphatic rings. The average molecular weight is 116 g/mol. The standard InChI is InChI=1S/C5H8O3/c1-3-2-4(6)8-5(3)7/h3,5,7H,2H2,1H3/t3-,5+/m0/s1. The zero-order chi connectivity index (χ0) is 6.15. The number of cyclic esters (lactones) is 1. The van der Waals surface area contributed by atoms with E-state index in [0.29, 0.717) is 6.42 Å². The first-order chi connectivity index (χ1) is 3.70. The van der Waals surface area contributed by atoms with Crippen molar-refractivity contribution in [3.8, 4) is 0 Å². The van der Waals surface area contributed by atoms with Gasteiger partial charge in [0.15, 0.2) is 0 Å². The first kappa shape index (κ1) is 5.56. The van der Waals surface area contributed by atoms with E-state index in [0.717, 1.165) is 0 Å². The Morgan fingerprint density at radius 2 is 2.50 bits per heavy atom. The SMILES string of the molecule is C[C@H]1CC(=O)O[C@H]1O. The minimum Gasteiger partial charge on any atom is -0.436 e. The summed E-state index contributed by atoms with van der Waals surface area (Å²) in [6, 6.07) is 0. The normalized spacial score (nSPS) is 37.5. The van der Waals surface area contributed by atoms with Gasteiger partial charge in [-0.3, -0.25) is 4.79 Å². The number of aliphatic hydroxyl groups excluding tert-OH is 1. The second-order valence-corrected chi connectivity index (χ2v) is 2.06. The van der Waals surface area contributed by atoms with Crippen LogP contribution >= 0.6 is 0 Å². The Bertz CT molecular complexity index is 98.2. The molecule has 0 amide bonds. The lowest BCUT2D eigenvalue weighted by Crippen LogP contribution is -2.10. The Hall–Kier alpha value is -0.570. The fraction of sp³-hybridized carbons (Fsp3) is 0.800. The Morgan fingerprint density at radius 3 is 2.62 bits per heavy atom. The Labute approximate surface area is 47.3 Å². The van der Waals surface area contributed by atoms with E-state index >= 15 is 0 Å². The summed E-state index contributed by atoms with van der Waals surface area (Å²) in [4.78, 5) is 10.3. The summed E-state index contributed by atoms with van der Waals surface area (Å²) in [5.74, 6) is -0.326. The van der Waals surface area contributed by atoms with E-state index in [1.54, 1.807) is 6.92 Å². The van der Waals surface area contributed by atoms with Crippen LogP contribution in [0.4, 0.5) is 0 Å². The number of hydrogen-bond acceptors (Lipinski definition) is 3. The summed E-state index contributed by atoms with van der Waals surface area (Å²) in [7, 11) is 0. The number of carbonyl (C=O) groups excluding carboxylic acids is 1. The molecule has 2 atom stereocenters. The van der Waals surface area contributed by atoms with Gasteiger partial charge < -0.3 is 9.84 Å². The van der Waals surface area contributed by atoms with E-state index in [4.69, 9.17) is 5.11 Å². The number of ether oxygens (including phenoxy) is 1. The van der Waals surface area contributed by atoms with Gasteiger partial charge in [-0.05, 0) is 0 Å². The van der Waals surface area contributed by atoms with Gasteiger partial charge in [0, 0.05) is 5.92 Å². The first-order valence-corrected chi connectivity index (χ1v) is 2.57. The molecule has 1 saturated heterocycles. The van der Waals surface area contributed by atoms with Gasteiger partial charge in [0.25, 0.3) is 0 Å². The van der Waals surface area contributed by atoms with Crippen LogP contribution in [0.3, 0.4) is 0 Å². The van der Waals surface area contributed by atoms with Crippen LogP contribution in [0.25, 0.3) is 0 Å². The highest BCUT2D eigenvalue weighted by Crippen LogP contribution is 2.18. The highest BCUT2D eigenvalue weighted by atomic mass is 16.6. The van der Waals surface area contributed by atoms with Crippen LogP contribution < -0.4 is 0 Å². The van der Waals surface area contributed by atoms with E-state index in [1.165, 1.54) is 0 Å². The summed E-state index contributed by atoms with van der Waals surface area (Å²) < 4.78 is 4.39. The monoisotopic (exact) mass is 116 g/mol. The molecule has 1 fully saturated rings. The van der Waals surface area contributed by atoms with Gasteiger partial charge in [-0.1, -0.05) is 6.92 Å². The van der Waals surface area contributed by atoms with Crippen LogP contribution in [0.15, 0.2) is 0 Å². The van der Waals surface area contributed by atoms with Gasteiger partial charge in [-0.15, -0.1) is 0 Å². The maximum absolute atomic E-state index is 10.3. The number of rotatable bonds is 0. The molecule has 0 saturated carbocycles. The van der Waals surface area contributed by atoms with Crippen LogP contribution in [-0.4, -0.2) is 17.4 Å². The van der Waals surface area contributed by atoms with Crippen LogP contribution in [0.1, 0.15) is 13.3 Å². The van der Waals surface area contributed by atoms with Crippen molar-refractivity contribution < 1.29 is 14.6 Å². The third-order valence-electron chi connectivity index (χ3n) is 1.23. The van der Waals surface area contributed by atoms with E-state index in [1.807, 2.05) is 0 Å². The molecule has 0 radical (unpaired) electrons. The molecule has 3 nitrogen and oxygen atoms in total. The van der Waals surface area contributed by atoms with Crippen LogP contribution in [-0.2, 0) is 9.53 Å². The Balaban J connectivity index is 2.51. The third-order valence-corrected chi connectivity index (χ3v) is 1.23. The molecule has 1 heterocycles.